The molecule has 1 fully saturated rings. The van der Waals surface area contributed by atoms with E-state index in [1.54, 1.807) is 0 Å². The first-order valence-electron chi connectivity index (χ1n) is 11.8. The number of ether oxygens (including phenoxy) is 2. The maximum Gasteiger partial charge on any atom is 1.00 e. The van der Waals surface area contributed by atoms with Gasteiger partial charge in [0.25, 0.3) is 11.8 Å². The van der Waals surface area contributed by atoms with Crippen LogP contribution in [0.15, 0.2) is 10.5 Å². The molecule has 2 unspecified atom stereocenters. The van der Waals surface area contributed by atoms with Crippen LogP contribution in [-0.4, -0.2) is 103 Å². The van der Waals surface area contributed by atoms with Gasteiger partial charge in [0.05, 0.1) is 13.7 Å². The van der Waals surface area contributed by atoms with Crippen LogP contribution in [0.25, 0.3) is 0 Å². The number of oxime groups is 1. The standard InChI is InChI=1S/C21H30ClN5O11S2Si.Na.H/c1-21(2,19(32)37-7-8-41(4,5)6)38-26-13(11-10-39-20(23-11)24-12(28)9-22)16(29)25-14-15(18(31)36-3)27(17(14)30)40(33,34)35;;/h10,14-15H,7-9H2,1-6H3,(H,25,29)(H,23,24,28)(H,33,34,35);;/q;+1;-1/b26-13-;;. The quantitative estimate of drug-likeness (QED) is 0.0374. The average molecular weight is 680 g/mol. The van der Waals surface area contributed by atoms with Gasteiger partial charge in [0.2, 0.25) is 11.5 Å². The molecule has 1 aliphatic rings. The number of carbonyl (C=O) groups is 5. The summed E-state index contributed by atoms with van der Waals surface area (Å²) in [6.45, 7) is 9.12. The second-order valence-corrected chi connectivity index (χ2v) is 18.3. The minimum Gasteiger partial charge on any atom is -1.00 e. The van der Waals surface area contributed by atoms with Gasteiger partial charge in [-0.3, -0.25) is 18.9 Å². The van der Waals surface area contributed by atoms with E-state index >= 15 is 0 Å². The molecule has 1 saturated heterocycles. The van der Waals surface area contributed by atoms with Crippen LogP contribution in [0.3, 0.4) is 0 Å². The van der Waals surface area contributed by atoms with E-state index in [0.717, 1.165) is 18.4 Å². The molecule has 0 bridgehead atoms. The third-order valence-electron chi connectivity index (χ3n) is 5.30. The maximum absolute atomic E-state index is 13.2. The van der Waals surface area contributed by atoms with Gasteiger partial charge in [-0.25, -0.2) is 14.6 Å². The Morgan fingerprint density at radius 3 is 2.43 bits per heavy atom. The van der Waals surface area contributed by atoms with Gasteiger partial charge in [-0.15, -0.1) is 22.9 Å². The van der Waals surface area contributed by atoms with Crippen molar-refractivity contribution in [3.8, 4) is 0 Å². The van der Waals surface area contributed by atoms with Crippen LogP contribution in [0.2, 0.25) is 25.7 Å². The zero-order valence-electron chi connectivity index (χ0n) is 24.9. The number of esters is 2. The molecular weight excluding hydrogens is 649 g/mol. The Bertz CT molecular complexity index is 1360. The van der Waals surface area contributed by atoms with Gasteiger partial charge in [-0.1, -0.05) is 24.8 Å². The number of nitrogens with zero attached hydrogens (tertiary/aromatic N) is 3. The third-order valence-corrected chi connectivity index (χ3v) is 8.91. The Morgan fingerprint density at radius 2 is 1.90 bits per heavy atom. The van der Waals surface area contributed by atoms with Crippen molar-refractivity contribution < 1.29 is 82.2 Å². The van der Waals surface area contributed by atoms with Gasteiger partial charge in [0.1, 0.15) is 17.6 Å². The van der Waals surface area contributed by atoms with E-state index in [2.05, 4.69) is 45.2 Å². The van der Waals surface area contributed by atoms with E-state index < -0.39 is 71.4 Å². The van der Waals surface area contributed by atoms with E-state index in [-0.39, 0.29) is 58.6 Å². The average Bonchev–Trinajstić information content (AvgIpc) is 3.31. The number of nitrogens with one attached hydrogen (secondary N) is 2. The molecule has 0 aliphatic carbocycles. The first kappa shape index (κ1) is 37.9. The molecule has 1 aromatic heterocycles. The van der Waals surface area contributed by atoms with Gasteiger partial charge in [-0.2, -0.15) is 12.7 Å². The third kappa shape index (κ3) is 9.96. The van der Waals surface area contributed by atoms with E-state index in [9.17, 15) is 36.9 Å². The molecule has 0 radical (unpaired) electrons. The van der Waals surface area contributed by atoms with Gasteiger partial charge < -0.3 is 26.4 Å². The number of amides is 3. The number of rotatable bonds is 13. The molecule has 3 N–H and O–H groups in total. The fourth-order valence-corrected chi connectivity index (χ4v) is 5.37. The molecule has 2 rings (SSSR count). The Balaban J connectivity index is 0.00000882. The monoisotopic (exact) mass is 679 g/mol. The predicted molar refractivity (Wildman–Crippen MR) is 150 cm³/mol. The maximum atomic E-state index is 13.2. The first-order valence-corrected chi connectivity index (χ1v) is 18.3. The van der Waals surface area contributed by atoms with Crippen molar-refractivity contribution >= 4 is 81.8 Å². The molecule has 2 atom stereocenters. The Hall–Kier alpha value is -2.13. The smallest absolute Gasteiger partial charge is 1.00 e. The predicted octanol–water partition coefficient (Wildman–Crippen LogP) is -2.51. The van der Waals surface area contributed by atoms with Crippen LogP contribution in [0.5, 0.6) is 0 Å². The Kier molecular flexibility index (Phi) is 13.6. The van der Waals surface area contributed by atoms with Crippen LogP contribution in [0.4, 0.5) is 5.13 Å². The van der Waals surface area contributed by atoms with E-state index in [1.165, 1.54) is 19.2 Å². The summed E-state index contributed by atoms with van der Waals surface area (Å²) < 4.78 is 42.1. The Morgan fingerprint density at radius 1 is 1.29 bits per heavy atom. The topological polar surface area (TPSA) is 220 Å². The number of thiazole rings is 1. The van der Waals surface area contributed by atoms with Crippen molar-refractivity contribution in [1.29, 1.82) is 0 Å². The van der Waals surface area contributed by atoms with Crippen molar-refractivity contribution in [3.63, 3.8) is 0 Å². The summed E-state index contributed by atoms with van der Waals surface area (Å²) in [4.78, 5) is 71.5. The molecule has 0 saturated carbocycles. The van der Waals surface area contributed by atoms with Crippen LogP contribution in [0.1, 0.15) is 21.0 Å². The second kappa shape index (κ2) is 15.0. The summed E-state index contributed by atoms with van der Waals surface area (Å²) in [6, 6.07) is -3.00. The SMILES string of the molecule is COC(=O)C1C(NC(=O)/C(=N\OC(C)(C)C(=O)OCC[Si](C)(C)C)c2csc(NC(=O)CCl)n2)C(=O)N1S(=O)(=O)O.[H-].[Na+]. The zero-order valence-corrected chi connectivity index (χ0v) is 29.3. The Labute approximate surface area is 275 Å². The molecule has 3 amide bonds. The van der Waals surface area contributed by atoms with E-state index in [4.69, 9.17) is 21.2 Å². The molecule has 1 aromatic rings. The number of β-lactam (4-membered cyclic amide) rings is 1. The van der Waals surface area contributed by atoms with Crippen LogP contribution in [0, 0.1) is 0 Å². The van der Waals surface area contributed by atoms with Gasteiger partial charge in [0, 0.05) is 13.5 Å². The number of anilines is 1. The summed E-state index contributed by atoms with van der Waals surface area (Å²) in [5.41, 5.74) is -2.50. The summed E-state index contributed by atoms with van der Waals surface area (Å²) in [5.74, 6) is -5.52. The molecule has 21 heteroatoms. The number of alkyl halides is 1. The van der Waals surface area contributed by atoms with Crippen molar-refractivity contribution in [2.75, 3.05) is 24.9 Å². The van der Waals surface area contributed by atoms with Gasteiger partial charge in [-0.05, 0) is 19.9 Å². The number of carbonyl (C=O) groups excluding carboxylic acids is 5. The number of aromatic nitrogens is 1. The summed E-state index contributed by atoms with van der Waals surface area (Å²) in [5, 5.41) is 9.57. The van der Waals surface area contributed by atoms with Crippen molar-refractivity contribution in [2.24, 2.45) is 5.16 Å². The minimum atomic E-state index is -5.16. The number of hydrogen-bond acceptors (Lipinski definition) is 13. The van der Waals surface area contributed by atoms with Gasteiger partial charge >= 0.3 is 51.8 Å². The van der Waals surface area contributed by atoms with E-state index in [0.29, 0.717) is 6.04 Å². The van der Waals surface area contributed by atoms with Crippen LogP contribution in [-0.2, 0) is 48.6 Å². The van der Waals surface area contributed by atoms with Gasteiger partial charge in [0.15, 0.2) is 16.9 Å². The van der Waals surface area contributed by atoms with E-state index in [1.807, 2.05) is 0 Å². The summed E-state index contributed by atoms with van der Waals surface area (Å²) >= 11 is 6.36. The van der Waals surface area contributed by atoms with Crippen molar-refractivity contribution in [3.05, 3.63) is 11.1 Å². The molecule has 16 nitrogen and oxygen atoms in total. The number of hydrogen-bond donors (Lipinski definition) is 3. The number of methoxy groups -OCH3 is 1. The fourth-order valence-electron chi connectivity index (χ4n) is 3.04. The number of halogens is 1. The van der Waals surface area contributed by atoms with Crippen molar-refractivity contribution in [1.82, 2.24) is 14.6 Å². The fraction of sp³-hybridized carbons (Fsp3) is 0.571. The normalized spacial score (nSPS) is 17.4. The minimum absolute atomic E-state index is 0. The second-order valence-electron chi connectivity index (χ2n) is 10.2. The molecule has 1 aliphatic heterocycles. The molecule has 0 spiro atoms. The molecule has 2 heterocycles. The van der Waals surface area contributed by atoms with Crippen molar-refractivity contribution in [2.45, 2.75) is 57.2 Å². The molecule has 42 heavy (non-hydrogen) atoms. The summed E-state index contributed by atoms with van der Waals surface area (Å²) in [6.07, 6.45) is 0. The molecular formula is C21H31ClN5NaO11S2Si. The zero-order chi connectivity index (χ0) is 31.3. The largest absolute Gasteiger partial charge is 1.00 e. The molecule has 0 aromatic carbocycles. The van der Waals surface area contributed by atoms with Crippen LogP contribution >= 0.6 is 22.9 Å². The summed E-state index contributed by atoms with van der Waals surface area (Å²) in [7, 11) is -5.76. The van der Waals surface area contributed by atoms with Crippen LogP contribution < -0.4 is 40.2 Å². The molecule has 230 valence electrons. The first-order chi connectivity index (χ1) is 18.8.